The van der Waals surface area contributed by atoms with Crippen molar-refractivity contribution in [2.24, 2.45) is 17.6 Å². The minimum atomic E-state index is -0.449. The van der Waals surface area contributed by atoms with Gasteiger partial charge in [-0.2, -0.15) is 0 Å². The molecule has 3 N–H and O–H groups in total. The summed E-state index contributed by atoms with van der Waals surface area (Å²) >= 11 is 0. The summed E-state index contributed by atoms with van der Waals surface area (Å²) in [7, 11) is 0. The SMILES string of the molecule is CCCC(N)(CO)CCc1ccc(OCCC(C)CCCC(C)C)cc1. The van der Waals surface area contributed by atoms with Crippen LogP contribution >= 0.6 is 0 Å². The lowest BCUT2D eigenvalue weighted by Crippen LogP contribution is -2.43. The molecule has 0 spiro atoms. The van der Waals surface area contributed by atoms with Crippen LogP contribution in [-0.4, -0.2) is 23.9 Å². The van der Waals surface area contributed by atoms with Crippen LogP contribution in [0, 0.1) is 11.8 Å². The summed E-state index contributed by atoms with van der Waals surface area (Å²) in [6, 6.07) is 8.34. The topological polar surface area (TPSA) is 55.5 Å². The largest absolute Gasteiger partial charge is 0.494 e. The number of ether oxygens (including phenoxy) is 1. The summed E-state index contributed by atoms with van der Waals surface area (Å²) in [5.41, 5.74) is 7.06. The van der Waals surface area contributed by atoms with Gasteiger partial charge < -0.3 is 15.6 Å². The predicted molar refractivity (Wildman–Crippen MR) is 112 cm³/mol. The summed E-state index contributed by atoms with van der Waals surface area (Å²) in [4.78, 5) is 0. The maximum atomic E-state index is 9.52. The first kappa shape index (κ1) is 23.0. The van der Waals surface area contributed by atoms with E-state index in [0.717, 1.165) is 56.3 Å². The van der Waals surface area contributed by atoms with Gasteiger partial charge in [0.1, 0.15) is 5.75 Å². The molecule has 1 rings (SSSR count). The van der Waals surface area contributed by atoms with Gasteiger partial charge in [-0.05, 0) is 55.2 Å². The Labute approximate surface area is 161 Å². The van der Waals surface area contributed by atoms with Crippen molar-refractivity contribution in [1.29, 1.82) is 0 Å². The average Bonchev–Trinajstić information content (AvgIpc) is 2.61. The fourth-order valence-electron chi connectivity index (χ4n) is 3.32. The van der Waals surface area contributed by atoms with E-state index in [1.165, 1.54) is 24.8 Å². The Morgan fingerprint density at radius 2 is 1.73 bits per heavy atom. The van der Waals surface area contributed by atoms with Crippen molar-refractivity contribution in [2.75, 3.05) is 13.2 Å². The highest BCUT2D eigenvalue weighted by Crippen LogP contribution is 2.20. The van der Waals surface area contributed by atoms with E-state index in [2.05, 4.69) is 52.0 Å². The minimum Gasteiger partial charge on any atom is -0.494 e. The molecule has 0 aromatic heterocycles. The second-order valence-corrected chi connectivity index (χ2v) is 8.48. The summed E-state index contributed by atoms with van der Waals surface area (Å²) in [5.74, 6) is 2.47. The molecule has 2 unspecified atom stereocenters. The van der Waals surface area contributed by atoms with Crippen LogP contribution in [-0.2, 0) is 6.42 Å². The van der Waals surface area contributed by atoms with Crippen molar-refractivity contribution in [1.82, 2.24) is 0 Å². The van der Waals surface area contributed by atoms with Gasteiger partial charge >= 0.3 is 0 Å². The quantitative estimate of drug-likeness (QED) is 0.469. The molecule has 2 atom stereocenters. The Morgan fingerprint density at radius 1 is 1.04 bits per heavy atom. The number of aliphatic hydroxyl groups excluding tert-OH is 1. The number of nitrogens with two attached hydrogens (primary N) is 1. The van der Waals surface area contributed by atoms with Gasteiger partial charge in [-0.15, -0.1) is 0 Å². The van der Waals surface area contributed by atoms with Crippen molar-refractivity contribution in [3.05, 3.63) is 29.8 Å². The van der Waals surface area contributed by atoms with Crippen molar-refractivity contribution in [3.63, 3.8) is 0 Å². The van der Waals surface area contributed by atoms with Crippen LogP contribution in [0.1, 0.15) is 78.2 Å². The van der Waals surface area contributed by atoms with Crippen molar-refractivity contribution in [3.8, 4) is 5.75 Å². The Kier molecular flexibility index (Phi) is 10.9. The van der Waals surface area contributed by atoms with E-state index in [4.69, 9.17) is 10.5 Å². The lowest BCUT2D eigenvalue weighted by molar-refractivity contribution is 0.177. The van der Waals surface area contributed by atoms with Crippen LogP contribution in [0.25, 0.3) is 0 Å². The molecule has 0 bridgehead atoms. The molecule has 0 aliphatic rings. The molecule has 0 aliphatic carbocycles. The third-order valence-corrected chi connectivity index (χ3v) is 5.26. The molecule has 0 radical (unpaired) electrons. The average molecular weight is 364 g/mol. The van der Waals surface area contributed by atoms with E-state index >= 15 is 0 Å². The molecule has 3 heteroatoms. The smallest absolute Gasteiger partial charge is 0.119 e. The number of hydrogen-bond donors (Lipinski definition) is 2. The standard InChI is InChI=1S/C23H41NO2/c1-5-15-23(24,18-25)16-13-21-9-11-22(12-10-21)26-17-14-20(4)8-6-7-19(2)3/h9-12,19-20,25H,5-8,13-18,24H2,1-4H3. The van der Waals surface area contributed by atoms with Gasteiger partial charge in [0.2, 0.25) is 0 Å². The Bertz CT molecular complexity index is 472. The predicted octanol–water partition coefficient (Wildman–Crippen LogP) is 5.34. The molecule has 0 aliphatic heterocycles. The van der Waals surface area contributed by atoms with Gasteiger partial charge in [-0.25, -0.2) is 0 Å². The maximum absolute atomic E-state index is 9.52. The Hall–Kier alpha value is -1.06. The number of hydrogen-bond acceptors (Lipinski definition) is 3. The molecule has 26 heavy (non-hydrogen) atoms. The van der Waals surface area contributed by atoms with E-state index in [-0.39, 0.29) is 6.61 Å². The highest BCUT2D eigenvalue weighted by molar-refractivity contribution is 5.27. The zero-order chi connectivity index (χ0) is 19.4. The third kappa shape index (κ3) is 9.59. The van der Waals surface area contributed by atoms with Crippen LogP contribution in [0.15, 0.2) is 24.3 Å². The molecule has 1 aromatic carbocycles. The van der Waals surface area contributed by atoms with Gasteiger partial charge in [0, 0.05) is 5.54 Å². The molecule has 0 saturated heterocycles. The fourth-order valence-corrected chi connectivity index (χ4v) is 3.32. The van der Waals surface area contributed by atoms with E-state index in [9.17, 15) is 5.11 Å². The van der Waals surface area contributed by atoms with Gasteiger partial charge in [0.25, 0.3) is 0 Å². The van der Waals surface area contributed by atoms with E-state index in [1.54, 1.807) is 0 Å². The maximum Gasteiger partial charge on any atom is 0.119 e. The summed E-state index contributed by atoms with van der Waals surface area (Å²) in [5, 5.41) is 9.52. The molecule has 0 amide bonds. The Balaban J connectivity index is 2.30. The zero-order valence-electron chi connectivity index (χ0n) is 17.5. The molecule has 3 nitrogen and oxygen atoms in total. The molecule has 0 saturated carbocycles. The van der Waals surface area contributed by atoms with Gasteiger partial charge in [-0.3, -0.25) is 0 Å². The monoisotopic (exact) mass is 363 g/mol. The van der Waals surface area contributed by atoms with Gasteiger partial charge in [0.15, 0.2) is 0 Å². The molecule has 1 aromatic rings. The van der Waals surface area contributed by atoms with Crippen LogP contribution < -0.4 is 10.5 Å². The molecule has 150 valence electrons. The van der Waals surface area contributed by atoms with Gasteiger partial charge in [0.05, 0.1) is 13.2 Å². The zero-order valence-corrected chi connectivity index (χ0v) is 17.5. The number of aryl methyl sites for hydroxylation is 1. The summed E-state index contributed by atoms with van der Waals surface area (Å²) < 4.78 is 5.90. The van der Waals surface area contributed by atoms with Crippen LogP contribution in [0.5, 0.6) is 5.75 Å². The molecular weight excluding hydrogens is 322 g/mol. The summed E-state index contributed by atoms with van der Waals surface area (Å²) in [6.45, 7) is 9.85. The first-order valence-electron chi connectivity index (χ1n) is 10.5. The lowest BCUT2D eigenvalue weighted by atomic mass is 9.89. The van der Waals surface area contributed by atoms with E-state index in [1.807, 2.05) is 0 Å². The van der Waals surface area contributed by atoms with Gasteiger partial charge in [-0.1, -0.05) is 65.5 Å². The number of benzene rings is 1. The molecule has 0 fully saturated rings. The number of rotatable bonds is 14. The second kappa shape index (κ2) is 12.3. The minimum absolute atomic E-state index is 0.0530. The number of aliphatic hydroxyl groups is 1. The van der Waals surface area contributed by atoms with Crippen molar-refractivity contribution >= 4 is 0 Å². The lowest BCUT2D eigenvalue weighted by Gasteiger charge is -2.26. The fraction of sp³-hybridized carbons (Fsp3) is 0.739. The first-order chi connectivity index (χ1) is 12.4. The first-order valence-corrected chi connectivity index (χ1v) is 10.5. The van der Waals surface area contributed by atoms with Crippen molar-refractivity contribution in [2.45, 2.75) is 84.6 Å². The van der Waals surface area contributed by atoms with Crippen molar-refractivity contribution < 1.29 is 9.84 Å². The third-order valence-electron chi connectivity index (χ3n) is 5.26. The summed E-state index contributed by atoms with van der Waals surface area (Å²) in [6.07, 6.45) is 8.62. The van der Waals surface area contributed by atoms with Crippen LogP contribution in [0.3, 0.4) is 0 Å². The molecule has 0 heterocycles. The molecular formula is C23H41NO2. The highest BCUT2D eigenvalue weighted by Gasteiger charge is 2.22. The second-order valence-electron chi connectivity index (χ2n) is 8.48. The van der Waals surface area contributed by atoms with Crippen LogP contribution in [0.2, 0.25) is 0 Å². The Morgan fingerprint density at radius 3 is 2.31 bits per heavy atom. The van der Waals surface area contributed by atoms with E-state index in [0.29, 0.717) is 0 Å². The normalized spacial score (nSPS) is 15.0. The van der Waals surface area contributed by atoms with Crippen LogP contribution in [0.4, 0.5) is 0 Å². The highest BCUT2D eigenvalue weighted by atomic mass is 16.5. The van der Waals surface area contributed by atoms with E-state index < -0.39 is 5.54 Å².